The summed E-state index contributed by atoms with van der Waals surface area (Å²) in [6.45, 7) is 3.90. The van der Waals surface area contributed by atoms with Crippen molar-refractivity contribution in [3.05, 3.63) is 58.4 Å². The zero-order valence-corrected chi connectivity index (χ0v) is 21.7. The van der Waals surface area contributed by atoms with Crippen molar-refractivity contribution >= 4 is 23.2 Å². The van der Waals surface area contributed by atoms with E-state index in [0.717, 1.165) is 38.3 Å². The van der Waals surface area contributed by atoms with Crippen LogP contribution in [0.3, 0.4) is 0 Å². The van der Waals surface area contributed by atoms with Crippen LogP contribution in [0, 0.1) is 23.1 Å². The number of carbonyl (C=O) groups is 1. The first kappa shape index (κ1) is 25.8. The van der Waals surface area contributed by atoms with Crippen molar-refractivity contribution in [3.8, 4) is 5.75 Å². The van der Waals surface area contributed by atoms with E-state index in [9.17, 15) is 9.18 Å². The summed E-state index contributed by atoms with van der Waals surface area (Å²) in [6, 6.07) is 10.3. The summed E-state index contributed by atoms with van der Waals surface area (Å²) >= 11 is 6.29. The van der Waals surface area contributed by atoms with Crippen molar-refractivity contribution in [1.82, 2.24) is 4.90 Å². The van der Waals surface area contributed by atoms with Gasteiger partial charge in [-0.2, -0.15) is 0 Å². The third-order valence-electron chi connectivity index (χ3n) is 8.39. The Hall–Kier alpha value is -2.27. The predicted octanol–water partition coefficient (Wildman–Crippen LogP) is 7.14. The molecule has 0 spiro atoms. The lowest BCUT2D eigenvalue weighted by Crippen LogP contribution is -2.35. The van der Waals surface area contributed by atoms with Crippen LogP contribution in [0.25, 0.3) is 0 Å². The summed E-state index contributed by atoms with van der Waals surface area (Å²) in [4.78, 5) is 15.2. The van der Waals surface area contributed by atoms with Crippen LogP contribution in [0.15, 0.2) is 36.4 Å². The molecule has 1 unspecified atom stereocenters. The molecule has 0 bridgehead atoms. The van der Waals surface area contributed by atoms with Gasteiger partial charge in [-0.3, -0.25) is 4.79 Å². The van der Waals surface area contributed by atoms with Crippen LogP contribution in [0.4, 0.5) is 10.1 Å². The molecule has 2 fully saturated rings. The molecule has 2 aromatic rings. The van der Waals surface area contributed by atoms with Gasteiger partial charge in [0.2, 0.25) is 0 Å². The SMILES string of the molecule is COc1cc(C(=O)N2CCC([C@](C)(CCc3ccc(N)c(Cl)c3)CC3CCCCC3)C2)ccc1F. The number of hydrogen-bond acceptors (Lipinski definition) is 3. The fourth-order valence-corrected chi connectivity index (χ4v) is 6.37. The van der Waals surface area contributed by atoms with E-state index in [1.807, 2.05) is 17.0 Å². The summed E-state index contributed by atoms with van der Waals surface area (Å²) in [6.07, 6.45) is 10.8. The summed E-state index contributed by atoms with van der Waals surface area (Å²) < 4.78 is 18.9. The van der Waals surface area contributed by atoms with Crippen molar-refractivity contribution in [2.24, 2.45) is 17.3 Å². The van der Waals surface area contributed by atoms with E-state index in [0.29, 0.717) is 22.2 Å². The molecule has 1 aliphatic carbocycles. The first-order valence-electron chi connectivity index (χ1n) is 13.0. The Morgan fingerprint density at radius 1 is 1.17 bits per heavy atom. The lowest BCUT2D eigenvalue weighted by atomic mass is 9.65. The number of benzene rings is 2. The van der Waals surface area contributed by atoms with E-state index >= 15 is 0 Å². The average molecular weight is 501 g/mol. The van der Waals surface area contributed by atoms with Crippen LogP contribution in [-0.2, 0) is 6.42 Å². The maximum absolute atomic E-state index is 13.9. The highest BCUT2D eigenvalue weighted by molar-refractivity contribution is 6.33. The molecular weight excluding hydrogens is 463 g/mol. The minimum atomic E-state index is -0.453. The van der Waals surface area contributed by atoms with Crippen molar-refractivity contribution in [2.75, 3.05) is 25.9 Å². The van der Waals surface area contributed by atoms with Gasteiger partial charge in [0.15, 0.2) is 11.6 Å². The van der Waals surface area contributed by atoms with Gasteiger partial charge in [0.25, 0.3) is 5.91 Å². The van der Waals surface area contributed by atoms with Gasteiger partial charge in [0, 0.05) is 18.7 Å². The number of methoxy groups -OCH3 is 1. The predicted molar refractivity (Wildman–Crippen MR) is 140 cm³/mol. The van der Waals surface area contributed by atoms with E-state index in [-0.39, 0.29) is 17.1 Å². The molecule has 0 radical (unpaired) electrons. The minimum absolute atomic E-state index is 0.0452. The molecule has 35 heavy (non-hydrogen) atoms. The average Bonchev–Trinajstić information content (AvgIpc) is 3.37. The van der Waals surface area contributed by atoms with Gasteiger partial charge in [-0.1, -0.05) is 56.7 Å². The summed E-state index contributed by atoms with van der Waals surface area (Å²) in [5, 5.41) is 0.615. The van der Waals surface area contributed by atoms with Crippen LogP contribution in [0.1, 0.15) is 74.2 Å². The highest BCUT2D eigenvalue weighted by Crippen LogP contribution is 2.46. The topological polar surface area (TPSA) is 55.6 Å². The zero-order valence-electron chi connectivity index (χ0n) is 21.0. The number of anilines is 1. The Bertz CT molecular complexity index is 1040. The van der Waals surface area contributed by atoms with Gasteiger partial charge in [-0.15, -0.1) is 0 Å². The summed E-state index contributed by atoms with van der Waals surface area (Å²) in [5.41, 5.74) is 8.35. The molecule has 1 saturated carbocycles. The molecule has 1 saturated heterocycles. The molecule has 6 heteroatoms. The molecule has 4 rings (SSSR count). The van der Waals surface area contributed by atoms with Crippen molar-refractivity contribution in [1.29, 1.82) is 0 Å². The Morgan fingerprint density at radius 3 is 2.66 bits per heavy atom. The van der Waals surface area contributed by atoms with Crippen LogP contribution >= 0.6 is 11.6 Å². The first-order chi connectivity index (χ1) is 16.8. The maximum atomic E-state index is 13.9. The Labute approximate surface area is 214 Å². The van der Waals surface area contributed by atoms with Crippen molar-refractivity contribution in [2.45, 2.75) is 64.7 Å². The molecule has 1 amide bonds. The van der Waals surface area contributed by atoms with Crippen LogP contribution < -0.4 is 10.5 Å². The normalized spacial score (nSPS) is 20.6. The van der Waals surface area contributed by atoms with Gasteiger partial charge >= 0.3 is 0 Å². The lowest BCUT2D eigenvalue weighted by molar-refractivity contribution is 0.0742. The quantitative estimate of drug-likeness (QED) is 0.392. The fourth-order valence-electron chi connectivity index (χ4n) is 6.17. The number of nitrogens with two attached hydrogens (primary N) is 1. The standard InChI is InChI=1S/C29H38ClFN2O2/c1-29(18-21-6-4-3-5-7-21,14-12-20-8-11-26(32)24(30)16-20)23-13-15-33(19-23)28(34)22-9-10-25(31)27(17-22)35-2/h8-11,16-17,21,23H,3-7,12-15,18-19,32H2,1-2H3/t23?,29-/m1/s1. The molecule has 4 nitrogen and oxygen atoms in total. The number of likely N-dealkylation sites (tertiary alicyclic amines) is 1. The molecule has 2 atom stereocenters. The number of hydrogen-bond donors (Lipinski definition) is 1. The van der Waals surface area contributed by atoms with Gasteiger partial charge in [-0.25, -0.2) is 4.39 Å². The van der Waals surface area contributed by atoms with Crippen LogP contribution in [-0.4, -0.2) is 31.0 Å². The van der Waals surface area contributed by atoms with Crippen molar-refractivity contribution < 1.29 is 13.9 Å². The summed E-state index contributed by atoms with van der Waals surface area (Å²) in [5.74, 6) is 0.799. The Balaban J connectivity index is 1.49. The second-order valence-electron chi connectivity index (χ2n) is 10.8. The highest BCUT2D eigenvalue weighted by atomic mass is 35.5. The fraction of sp³-hybridized carbons (Fsp3) is 0.552. The lowest BCUT2D eigenvalue weighted by Gasteiger charge is -2.40. The van der Waals surface area contributed by atoms with Gasteiger partial charge in [0.05, 0.1) is 17.8 Å². The number of rotatable bonds is 8. The molecule has 0 aromatic heterocycles. The molecular formula is C29H38ClFN2O2. The van der Waals surface area contributed by atoms with Crippen molar-refractivity contribution in [3.63, 3.8) is 0 Å². The minimum Gasteiger partial charge on any atom is -0.494 e. The Kier molecular flexibility index (Phi) is 8.26. The number of carbonyl (C=O) groups excluding carboxylic acids is 1. The second kappa shape index (κ2) is 11.2. The van der Waals surface area contributed by atoms with E-state index in [1.54, 1.807) is 6.07 Å². The number of amides is 1. The molecule has 190 valence electrons. The van der Waals surface area contributed by atoms with Gasteiger partial charge in [0.1, 0.15) is 0 Å². The maximum Gasteiger partial charge on any atom is 0.254 e. The number of nitrogen functional groups attached to an aromatic ring is 1. The van der Waals surface area contributed by atoms with E-state index in [1.165, 1.54) is 63.3 Å². The number of ether oxygens (including phenoxy) is 1. The van der Waals surface area contributed by atoms with Crippen LogP contribution in [0.5, 0.6) is 5.75 Å². The number of aryl methyl sites for hydroxylation is 1. The van der Waals surface area contributed by atoms with E-state index in [2.05, 4.69) is 13.0 Å². The third kappa shape index (κ3) is 6.11. The van der Waals surface area contributed by atoms with Gasteiger partial charge < -0.3 is 15.4 Å². The van der Waals surface area contributed by atoms with E-state index in [4.69, 9.17) is 22.1 Å². The number of halogens is 2. The molecule has 2 N–H and O–H groups in total. The highest BCUT2D eigenvalue weighted by Gasteiger charge is 2.41. The smallest absolute Gasteiger partial charge is 0.254 e. The number of nitrogens with zero attached hydrogens (tertiary/aromatic N) is 1. The molecule has 1 aliphatic heterocycles. The third-order valence-corrected chi connectivity index (χ3v) is 8.72. The Morgan fingerprint density at radius 2 is 1.94 bits per heavy atom. The molecule has 1 heterocycles. The molecule has 2 aromatic carbocycles. The monoisotopic (exact) mass is 500 g/mol. The zero-order chi connectivity index (χ0) is 25.0. The summed E-state index contributed by atoms with van der Waals surface area (Å²) in [7, 11) is 1.42. The van der Waals surface area contributed by atoms with E-state index < -0.39 is 5.82 Å². The van der Waals surface area contributed by atoms with Gasteiger partial charge in [-0.05, 0) is 78.8 Å². The first-order valence-corrected chi connectivity index (χ1v) is 13.3. The largest absolute Gasteiger partial charge is 0.494 e. The molecule has 2 aliphatic rings. The van der Waals surface area contributed by atoms with Crippen LogP contribution in [0.2, 0.25) is 5.02 Å². The second-order valence-corrected chi connectivity index (χ2v) is 11.2.